The van der Waals surface area contributed by atoms with Crippen LogP contribution >= 0.6 is 0 Å². The summed E-state index contributed by atoms with van der Waals surface area (Å²) >= 11 is 0. The van der Waals surface area contributed by atoms with Crippen molar-refractivity contribution in [3.8, 4) is 17.3 Å². The number of nitriles is 1. The first kappa shape index (κ1) is 23.7. The van der Waals surface area contributed by atoms with Gasteiger partial charge in [0.1, 0.15) is 17.6 Å². The normalized spacial score (nSPS) is 15.1. The van der Waals surface area contributed by atoms with Gasteiger partial charge in [-0.15, -0.1) is 0 Å². The molecule has 0 bridgehead atoms. The molecule has 1 fully saturated rings. The van der Waals surface area contributed by atoms with Crippen LogP contribution in [0.5, 0.6) is 0 Å². The molecular formula is C27H27F2N7. The number of aromatic nitrogens is 2. The second-order valence-electron chi connectivity index (χ2n) is 9.14. The Morgan fingerprint density at radius 2 is 1.89 bits per heavy atom. The first-order valence-corrected chi connectivity index (χ1v) is 12.0. The molecule has 36 heavy (non-hydrogen) atoms. The number of hydrogen-bond acceptors (Lipinski definition) is 7. The van der Waals surface area contributed by atoms with Crippen LogP contribution in [0.25, 0.3) is 11.3 Å². The molecule has 0 aliphatic carbocycles. The summed E-state index contributed by atoms with van der Waals surface area (Å²) in [6.07, 6.45) is 5.40. The van der Waals surface area contributed by atoms with Crippen molar-refractivity contribution in [2.75, 3.05) is 41.3 Å². The molecule has 2 aromatic carbocycles. The number of anilines is 4. The van der Waals surface area contributed by atoms with Gasteiger partial charge in [0.25, 0.3) is 0 Å². The van der Waals surface area contributed by atoms with Crippen LogP contribution in [-0.4, -0.2) is 42.2 Å². The minimum Gasteiger partial charge on any atom is -0.368 e. The average molecular weight is 488 g/mol. The third-order valence-electron chi connectivity index (χ3n) is 6.44. The average Bonchev–Trinajstić information content (AvgIpc) is 2.89. The molecule has 1 saturated heterocycles. The molecule has 2 N–H and O–H groups in total. The van der Waals surface area contributed by atoms with Crippen LogP contribution in [0.1, 0.15) is 25.0 Å². The maximum atomic E-state index is 15.0. The van der Waals surface area contributed by atoms with Gasteiger partial charge >= 0.3 is 0 Å². The summed E-state index contributed by atoms with van der Waals surface area (Å²) in [5, 5.41) is 16.1. The van der Waals surface area contributed by atoms with Crippen LogP contribution < -0.4 is 20.4 Å². The molecule has 2 aliphatic heterocycles. The Morgan fingerprint density at radius 3 is 2.64 bits per heavy atom. The van der Waals surface area contributed by atoms with Crippen LogP contribution in [0.4, 0.5) is 31.8 Å². The quantitative estimate of drug-likeness (QED) is 0.539. The van der Waals surface area contributed by atoms with E-state index in [1.807, 2.05) is 43.2 Å². The van der Waals surface area contributed by atoms with Crippen molar-refractivity contribution in [3.05, 3.63) is 71.6 Å². The summed E-state index contributed by atoms with van der Waals surface area (Å²) in [5.74, 6) is -0.884. The lowest BCUT2D eigenvalue weighted by atomic mass is 9.99. The number of nitrogens with zero attached hydrogens (tertiary/aromatic N) is 5. The van der Waals surface area contributed by atoms with Gasteiger partial charge in [-0.2, -0.15) is 5.26 Å². The van der Waals surface area contributed by atoms with E-state index in [1.54, 1.807) is 12.1 Å². The molecule has 5 rings (SSSR count). The Bertz CT molecular complexity index is 1360. The highest BCUT2D eigenvalue weighted by Crippen LogP contribution is 2.35. The standard InChI is InChI=1S/C27H27F2N7/c1-17(2)36-9-3-4-21-22(28)13-18(14-25(21)36)26-23(29)16-32-27(34-26)33-20-5-6-24(19(12-20)15-30)35-10-7-31-8-11-35/h3,5-6,9,12-14,16-17,31H,4,7-8,10-11H2,1-2H3,(H,32,33,34). The van der Waals surface area contributed by atoms with Crippen molar-refractivity contribution in [1.82, 2.24) is 15.3 Å². The zero-order valence-corrected chi connectivity index (χ0v) is 20.2. The molecule has 0 radical (unpaired) electrons. The van der Waals surface area contributed by atoms with Crippen molar-refractivity contribution in [2.24, 2.45) is 0 Å². The van der Waals surface area contributed by atoms with Crippen molar-refractivity contribution in [1.29, 1.82) is 5.26 Å². The lowest BCUT2D eigenvalue weighted by Crippen LogP contribution is -2.43. The molecule has 184 valence electrons. The van der Waals surface area contributed by atoms with E-state index in [4.69, 9.17) is 0 Å². The lowest BCUT2D eigenvalue weighted by molar-refractivity contribution is 0.589. The Morgan fingerprint density at radius 1 is 1.08 bits per heavy atom. The molecule has 0 atom stereocenters. The van der Waals surface area contributed by atoms with Gasteiger partial charge < -0.3 is 20.4 Å². The minimum atomic E-state index is -0.644. The van der Waals surface area contributed by atoms with Crippen LogP contribution in [0.2, 0.25) is 0 Å². The fourth-order valence-corrected chi connectivity index (χ4v) is 4.65. The summed E-state index contributed by atoms with van der Waals surface area (Å²) in [5.41, 5.74) is 3.64. The van der Waals surface area contributed by atoms with E-state index in [9.17, 15) is 9.65 Å². The molecule has 0 spiro atoms. The van der Waals surface area contributed by atoms with E-state index < -0.39 is 11.6 Å². The topological polar surface area (TPSA) is 80.1 Å². The van der Waals surface area contributed by atoms with E-state index in [0.717, 1.165) is 38.1 Å². The molecule has 0 amide bonds. The fraction of sp³-hybridized carbons (Fsp3) is 0.296. The summed E-state index contributed by atoms with van der Waals surface area (Å²) in [7, 11) is 0. The Kier molecular flexibility index (Phi) is 6.53. The van der Waals surface area contributed by atoms with Gasteiger partial charge in [0, 0.05) is 60.9 Å². The zero-order valence-electron chi connectivity index (χ0n) is 20.2. The minimum absolute atomic E-state index is 0.00500. The molecular weight excluding hydrogens is 460 g/mol. The molecule has 2 aliphatic rings. The SMILES string of the molecule is CC(C)N1C=CCc2c(F)cc(-c3nc(Nc4ccc(N5CCNCC5)c(C#N)c4)ncc3F)cc21. The van der Waals surface area contributed by atoms with Gasteiger partial charge in [0.05, 0.1) is 17.4 Å². The molecule has 0 unspecified atom stereocenters. The number of halogens is 2. The third kappa shape index (κ3) is 4.60. The second-order valence-corrected chi connectivity index (χ2v) is 9.14. The van der Waals surface area contributed by atoms with Crippen molar-refractivity contribution >= 4 is 23.0 Å². The third-order valence-corrected chi connectivity index (χ3v) is 6.44. The van der Waals surface area contributed by atoms with Crippen molar-refractivity contribution < 1.29 is 8.78 Å². The lowest BCUT2D eigenvalue weighted by Gasteiger charge is -2.30. The second kappa shape index (κ2) is 9.91. The maximum absolute atomic E-state index is 15.0. The number of rotatable bonds is 5. The first-order valence-electron chi connectivity index (χ1n) is 12.0. The van der Waals surface area contributed by atoms with Crippen LogP contribution in [-0.2, 0) is 6.42 Å². The predicted octanol–water partition coefficient (Wildman–Crippen LogP) is 4.73. The number of nitrogens with one attached hydrogen (secondary N) is 2. The van der Waals surface area contributed by atoms with E-state index in [-0.39, 0.29) is 17.7 Å². The fourth-order valence-electron chi connectivity index (χ4n) is 4.65. The molecule has 3 heterocycles. The van der Waals surface area contributed by atoms with Gasteiger partial charge in [-0.1, -0.05) is 6.08 Å². The highest BCUT2D eigenvalue weighted by atomic mass is 19.1. The van der Waals surface area contributed by atoms with Crippen LogP contribution in [0.15, 0.2) is 48.8 Å². The highest BCUT2D eigenvalue weighted by molar-refractivity contribution is 5.73. The van der Waals surface area contributed by atoms with Gasteiger partial charge in [0.15, 0.2) is 5.82 Å². The maximum Gasteiger partial charge on any atom is 0.227 e. The van der Waals surface area contributed by atoms with Gasteiger partial charge in [-0.25, -0.2) is 18.7 Å². The summed E-state index contributed by atoms with van der Waals surface area (Å²) in [6, 6.07) is 10.9. The van der Waals surface area contributed by atoms with E-state index in [0.29, 0.717) is 34.5 Å². The number of fused-ring (bicyclic) bond motifs is 1. The van der Waals surface area contributed by atoms with Crippen molar-refractivity contribution in [3.63, 3.8) is 0 Å². The predicted molar refractivity (Wildman–Crippen MR) is 137 cm³/mol. The summed E-state index contributed by atoms with van der Waals surface area (Å²) < 4.78 is 29.9. The number of hydrogen-bond donors (Lipinski definition) is 2. The number of allylic oxidation sites excluding steroid dienone is 1. The van der Waals surface area contributed by atoms with E-state index in [2.05, 4.69) is 31.6 Å². The monoisotopic (exact) mass is 487 g/mol. The van der Waals surface area contributed by atoms with Gasteiger partial charge in [0.2, 0.25) is 5.95 Å². The molecule has 1 aromatic heterocycles. The molecule has 0 saturated carbocycles. The molecule has 9 heteroatoms. The van der Waals surface area contributed by atoms with E-state index >= 15 is 4.39 Å². The number of benzene rings is 2. The Hall–Kier alpha value is -4.03. The number of piperazine rings is 1. The highest BCUT2D eigenvalue weighted by Gasteiger charge is 2.22. The zero-order chi connectivity index (χ0) is 25.2. The van der Waals surface area contributed by atoms with E-state index in [1.165, 1.54) is 6.07 Å². The smallest absolute Gasteiger partial charge is 0.227 e. The van der Waals surface area contributed by atoms with Crippen LogP contribution in [0, 0.1) is 23.0 Å². The first-order chi connectivity index (χ1) is 17.4. The van der Waals surface area contributed by atoms with Gasteiger partial charge in [-0.05, 0) is 50.6 Å². The molecule has 7 nitrogen and oxygen atoms in total. The van der Waals surface area contributed by atoms with Gasteiger partial charge in [-0.3, -0.25) is 0 Å². The largest absolute Gasteiger partial charge is 0.368 e. The summed E-state index contributed by atoms with van der Waals surface area (Å²) in [6.45, 7) is 7.41. The van der Waals surface area contributed by atoms with Crippen LogP contribution in [0.3, 0.4) is 0 Å². The molecule has 3 aromatic rings. The summed E-state index contributed by atoms with van der Waals surface area (Å²) in [4.78, 5) is 12.6. The van der Waals surface area contributed by atoms with Crippen molar-refractivity contribution in [2.45, 2.75) is 26.3 Å². The Balaban J connectivity index is 1.46. The Labute approximate surface area is 209 Å².